The summed E-state index contributed by atoms with van der Waals surface area (Å²) < 4.78 is 10.8. The molecule has 0 amide bonds. The molecule has 5 heteroatoms. The third kappa shape index (κ3) is 2.52. The maximum atomic E-state index is 5.66. The molecule has 5 nitrogen and oxygen atoms in total. The Bertz CT molecular complexity index is 616. The van der Waals surface area contributed by atoms with E-state index in [4.69, 9.17) is 9.47 Å². The first kappa shape index (κ1) is 12.7. The van der Waals surface area contributed by atoms with E-state index in [1.807, 2.05) is 31.2 Å². The average molecular weight is 271 g/mol. The second-order valence-corrected chi connectivity index (χ2v) is 4.71. The fourth-order valence-electron chi connectivity index (χ4n) is 2.39. The highest BCUT2D eigenvalue weighted by atomic mass is 16.5. The van der Waals surface area contributed by atoms with E-state index in [1.54, 1.807) is 7.11 Å². The molecular weight excluding hydrogens is 254 g/mol. The lowest BCUT2D eigenvalue weighted by Crippen LogP contribution is -2.21. The van der Waals surface area contributed by atoms with E-state index in [0.717, 1.165) is 23.6 Å². The van der Waals surface area contributed by atoms with Crippen molar-refractivity contribution in [3.63, 3.8) is 0 Å². The van der Waals surface area contributed by atoms with Gasteiger partial charge in [0.15, 0.2) is 0 Å². The highest BCUT2D eigenvalue weighted by Crippen LogP contribution is 2.33. The summed E-state index contributed by atoms with van der Waals surface area (Å²) in [5.74, 6) is 2.97. The average Bonchev–Trinajstić information content (AvgIpc) is 2.47. The van der Waals surface area contributed by atoms with Gasteiger partial charge in [-0.3, -0.25) is 0 Å². The van der Waals surface area contributed by atoms with Gasteiger partial charge in [-0.25, -0.2) is 4.98 Å². The summed E-state index contributed by atoms with van der Waals surface area (Å²) in [6, 6.07) is 10.1. The molecule has 3 rings (SSSR count). The number of hydrogen-bond acceptors (Lipinski definition) is 5. The number of aromatic nitrogens is 2. The minimum Gasteiger partial charge on any atom is -0.493 e. The normalized spacial score (nSPS) is 17.0. The van der Waals surface area contributed by atoms with Crippen molar-refractivity contribution >= 4 is 5.82 Å². The van der Waals surface area contributed by atoms with Crippen LogP contribution in [0.1, 0.15) is 23.9 Å². The molecule has 1 N–H and O–H groups in total. The lowest BCUT2D eigenvalue weighted by atomic mass is 10.0. The topological polar surface area (TPSA) is 56.3 Å². The molecule has 0 saturated heterocycles. The summed E-state index contributed by atoms with van der Waals surface area (Å²) in [6.45, 7) is 2.56. The number of ether oxygens (including phenoxy) is 2. The fraction of sp³-hybridized carbons (Fsp3) is 0.333. The largest absolute Gasteiger partial charge is 0.493 e. The van der Waals surface area contributed by atoms with E-state index in [-0.39, 0.29) is 6.04 Å². The number of rotatable bonds is 3. The Morgan fingerprint density at radius 2 is 2.15 bits per heavy atom. The molecule has 1 aliphatic heterocycles. The highest BCUT2D eigenvalue weighted by molar-refractivity contribution is 5.45. The number of nitrogens with zero attached hydrogens (tertiary/aromatic N) is 2. The number of methoxy groups -OCH3 is 1. The van der Waals surface area contributed by atoms with Gasteiger partial charge in [0.1, 0.15) is 17.4 Å². The van der Waals surface area contributed by atoms with Crippen LogP contribution in [0.4, 0.5) is 5.82 Å². The first-order valence-electron chi connectivity index (χ1n) is 6.64. The maximum Gasteiger partial charge on any atom is 0.218 e. The Morgan fingerprint density at radius 3 is 3.00 bits per heavy atom. The van der Waals surface area contributed by atoms with E-state index in [0.29, 0.717) is 18.3 Å². The van der Waals surface area contributed by atoms with Crippen molar-refractivity contribution in [2.45, 2.75) is 19.4 Å². The van der Waals surface area contributed by atoms with Crippen molar-refractivity contribution in [1.82, 2.24) is 9.97 Å². The molecule has 2 heterocycles. The van der Waals surface area contributed by atoms with Crippen molar-refractivity contribution < 1.29 is 9.47 Å². The van der Waals surface area contributed by atoms with Gasteiger partial charge < -0.3 is 14.8 Å². The third-order valence-electron chi connectivity index (χ3n) is 3.30. The van der Waals surface area contributed by atoms with Crippen molar-refractivity contribution in [3.8, 4) is 11.6 Å². The van der Waals surface area contributed by atoms with Crippen LogP contribution < -0.4 is 14.8 Å². The van der Waals surface area contributed by atoms with Gasteiger partial charge in [0.25, 0.3) is 0 Å². The Balaban J connectivity index is 1.87. The van der Waals surface area contributed by atoms with Crippen molar-refractivity contribution in [1.29, 1.82) is 0 Å². The van der Waals surface area contributed by atoms with Gasteiger partial charge in [-0.15, -0.1) is 0 Å². The molecule has 1 aromatic carbocycles. The lowest BCUT2D eigenvalue weighted by molar-refractivity contribution is 0.274. The predicted molar refractivity (Wildman–Crippen MR) is 76.2 cm³/mol. The molecule has 0 fully saturated rings. The zero-order valence-electron chi connectivity index (χ0n) is 11.6. The van der Waals surface area contributed by atoms with Crippen LogP contribution in [-0.2, 0) is 0 Å². The fourth-order valence-corrected chi connectivity index (χ4v) is 2.39. The molecule has 1 aliphatic rings. The summed E-state index contributed by atoms with van der Waals surface area (Å²) in [5, 5.41) is 3.44. The van der Waals surface area contributed by atoms with E-state index in [9.17, 15) is 0 Å². The number of fused-ring (bicyclic) bond motifs is 1. The van der Waals surface area contributed by atoms with Crippen LogP contribution in [0, 0.1) is 6.92 Å². The minimum absolute atomic E-state index is 0.193. The molecular formula is C15H17N3O2. The third-order valence-corrected chi connectivity index (χ3v) is 3.30. The number of nitrogens with one attached hydrogen (secondary N) is 1. The molecule has 20 heavy (non-hydrogen) atoms. The summed E-state index contributed by atoms with van der Waals surface area (Å²) in [6.07, 6.45) is 0.905. The second-order valence-electron chi connectivity index (χ2n) is 4.71. The Morgan fingerprint density at radius 1 is 1.30 bits per heavy atom. The second kappa shape index (κ2) is 5.36. The number of hydrogen-bond donors (Lipinski definition) is 1. The monoisotopic (exact) mass is 271 g/mol. The van der Waals surface area contributed by atoms with Crippen molar-refractivity contribution in [2.24, 2.45) is 0 Å². The number of aryl methyl sites for hydroxylation is 1. The zero-order chi connectivity index (χ0) is 13.9. The van der Waals surface area contributed by atoms with E-state index < -0.39 is 0 Å². The Hall–Kier alpha value is -2.30. The van der Waals surface area contributed by atoms with Crippen molar-refractivity contribution in [2.75, 3.05) is 19.0 Å². The maximum absolute atomic E-state index is 5.66. The number of benzene rings is 1. The van der Waals surface area contributed by atoms with Gasteiger partial charge in [0.05, 0.1) is 19.8 Å². The number of anilines is 1. The first-order chi connectivity index (χ1) is 9.76. The Labute approximate surface area is 118 Å². The molecule has 0 aliphatic carbocycles. The van der Waals surface area contributed by atoms with Crippen LogP contribution in [0.25, 0.3) is 0 Å². The van der Waals surface area contributed by atoms with Crippen LogP contribution >= 0.6 is 0 Å². The van der Waals surface area contributed by atoms with Crippen LogP contribution in [0.5, 0.6) is 11.6 Å². The SMILES string of the molecule is COc1cc(NC2CCOc3ccccc32)nc(C)n1. The van der Waals surface area contributed by atoms with Gasteiger partial charge in [-0.05, 0) is 13.0 Å². The van der Waals surface area contributed by atoms with Crippen LogP contribution in [0.3, 0.4) is 0 Å². The lowest BCUT2D eigenvalue weighted by Gasteiger charge is -2.27. The summed E-state index contributed by atoms with van der Waals surface area (Å²) in [4.78, 5) is 8.60. The summed E-state index contributed by atoms with van der Waals surface area (Å²) in [7, 11) is 1.61. The predicted octanol–water partition coefficient (Wildman–Crippen LogP) is 2.73. The molecule has 0 radical (unpaired) electrons. The molecule has 104 valence electrons. The van der Waals surface area contributed by atoms with Gasteiger partial charge in [-0.1, -0.05) is 18.2 Å². The quantitative estimate of drug-likeness (QED) is 0.930. The standard InChI is InChI=1S/C15H17N3O2/c1-10-16-14(9-15(17-10)19-2)18-12-7-8-20-13-6-4-3-5-11(12)13/h3-6,9,12H,7-8H2,1-2H3,(H,16,17,18). The van der Waals surface area contributed by atoms with Crippen LogP contribution in [0.15, 0.2) is 30.3 Å². The zero-order valence-corrected chi connectivity index (χ0v) is 11.6. The molecule has 0 bridgehead atoms. The number of para-hydroxylation sites is 1. The minimum atomic E-state index is 0.193. The van der Waals surface area contributed by atoms with E-state index in [1.165, 1.54) is 0 Å². The van der Waals surface area contributed by atoms with Gasteiger partial charge in [0, 0.05) is 18.1 Å². The molecule has 0 spiro atoms. The van der Waals surface area contributed by atoms with Crippen LogP contribution in [-0.4, -0.2) is 23.7 Å². The highest BCUT2D eigenvalue weighted by Gasteiger charge is 2.21. The molecule has 2 aromatic rings. The molecule has 0 saturated carbocycles. The smallest absolute Gasteiger partial charge is 0.218 e. The van der Waals surface area contributed by atoms with Crippen LogP contribution in [0.2, 0.25) is 0 Å². The molecule has 1 unspecified atom stereocenters. The van der Waals surface area contributed by atoms with Crippen molar-refractivity contribution in [3.05, 3.63) is 41.7 Å². The van der Waals surface area contributed by atoms with Gasteiger partial charge in [-0.2, -0.15) is 4.98 Å². The van der Waals surface area contributed by atoms with E-state index >= 15 is 0 Å². The summed E-state index contributed by atoms with van der Waals surface area (Å²) in [5.41, 5.74) is 1.16. The van der Waals surface area contributed by atoms with Gasteiger partial charge in [0.2, 0.25) is 5.88 Å². The van der Waals surface area contributed by atoms with Gasteiger partial charge >= 0.3 is 0 Å². The molecule has 1 atom stereocenters. The summed E-state index contributed by atoms with van der Waals surface area (Å²) >= 11 is 0. The van der Waals surface area contributed by atoms with E-state index in [2.05, 4.69) is 21.4 Å². The Kier molecular flexibility index (Phi) is 3.41. The molecule has 1 aromatic heterocycles. The first-order valence-corrected chi connectivity index (χ1v) is 6.64.